The first-order valence-electron chi connectivity index (χ1n) is 10.1. The largest absolute Gasteiger partial charge is 0.493 e. The number of nitrogens with one attached hydrogen (secondary N) is 1. The van der Waals surface area contributed by atoms with Crippen LogP contribution in [0.25, 0.3) is 0 Å². The lowest BCUT2D eigenvalue weighted by molar-refractivity contribution is -0.143. The molecule has 1 unspecified atom stereocenters. The van der Waals surface area contributed by atoms with E-state index in [1.165, 1.54) is 0 Å². The molecular weight excluding hydrogens is 386 g/mol. The van der Waals surface area contributed by atoms with E-state index in [0.29, 0.717) is 41.2 Å². The second kappa shape index (κ2) is 9.15. The van der Waals surface area contributed by atoms with Crippen LogP contribution in [0.3, 0.4) is 0 Å². The topological polar surface area (TPSA) is 100 Å². The Kier molecular flexibility index (Phi) is 6.59. The summed E-state index contributed by atoms with van der Waals surface area (Å²) in [5.74, 6) is 1.82. The molecule has 1 aromatic heterocycles. The number of anilines is 1. The number of fused-ring (bicyclic) bond motifs is 1. The number of benzene rings is 1. The molecule has 1 atom stereocenters. The second-order valence-corrected chi connectivity index (χ2v) is 7.91. The molecule has 0 fully saturated rings. The van der Waals surface area contributed by atoms with Crippen molar-refractivity contribution in [2.75, 3.05) is 19.0 Å². The summed E-state index contributed by atoms with van der Waals surface area (Å²) in [6.07, 6.45) is 0.695. The summed E-state index contributed by atoms with van der Waals surface area (Å²) < 4.78 is 18.5. The lowest BCUT2D eigenvalue weighted by atomic mass is 9.95. The maximum atomic E-state index is 12.9. The molecule has 9 heteroatoms. The van der Waals surface area contributed by atoms with Gasteiger partial charge in [0.2, 0.25) is 5.95 Å². The van der Waals surface area contributed by atoms with E-state index < -0.39 is 12.0 Å². The zero-order valence-electron chi connectivity index (χ0n) is 18.3. The van der Waals surface area contributed by atoms with Crippen LogP contribution in [0.5, 0.6) is 11.5 Å². The van der Waals surface area contributed by atoms with Crippen LogP contribution in [0.15, 0.2) is 29.5 Å². The van der Waals surface area contributed by atoms with E-state index in [0.717, 1.165) is 12.0 Å². The number of tetrazole rings is 1. The number of methoxy groups -OCH3 is 1. The molecule has 0 spiro atoms. The summed E-state index contributed by atoms with van der Waals surface area (Å²) in [5.41, 5.74) is 1.87. The first-order valence-corrected chi connectivity index (χ1v) is 10.1. The summed E-state index contributed by atoms with van der Waals surface area (Å²) >= 11 is 0. The second-order valence-electron chi connectivity index (χ2n) is 7.91. The first kappa shape index (κ1) is 21.6. The van der Waals surface area contributed by atoms with Crippen molar-refractivity contribution in [1.82, 2.24) is 20.2 Å². The fourth-order valence-corrected chi connectivity index (χ4v) is 3.24. The monoisotopic (exact) mass is 415 g/mol. The SMILES string of the molecule is COc1cc(C2C(C(=O)OC(C)C)=C(C)Nc3nnnn32)ccc1OCCC(C)C. The lowest BCUT2D eigenvalue weighted by Gasteiger charge is -2.28. The number of nitrogens with zero attached hydrogens (tertiary/aromatic N) is 4. The van der Waals surface area contributed by atoms with Crippen molar-refractivity contribution < 1.29 is 19.0 Å². The Bertz CT molecular complexity index is 935. The molecule has 0 aliphatic carbocycles. The predicted molar refractivity (Wildman–Crippen MR) is 111 cm³/mol. The molecule has 0 saturated heterocycles. The van der Waals surface area contributed by atoms with Gasteiger partial charge in [-0.2, -0.15) is 4.68 Å². The molecule has 1 aromatic carbocycles. The van der Waals surface area contributed by atoms with Gasteiger partial charge in [0.1, 0.15) is 6.04 Å². The Hall–Kier alpha value is -3.10. The normalized spacial score (nSPS) is 15.8. The van der Waals surface area contributed by atoms with Crippen LogP contribution < -0.4 is 14.8 Å². The molecule has 0 bridgehead atoms. The highest BCUT2D eigenvalue weighted by molar-refractivity contribution is 5.92. The third kappa shape index (κ3) is 4.55. The highest BCUT2D eigenvalue weighted by atomic mass is 16.5. The average molecular weight is 415 g/mol. The summed E-state index contributed by atoms with van der Waals surface area (Å²) in [6.45, 7) is 10.3. The Morgan fingerprint density at radius 3 is 2.67 bits per heavy atom. The third-order valence-electron chi connectivity index (χ3n) is 4.73. The number of rotatable bonds is 8. The van der Waals surface area contributed by atoms with Crippen molar-refractivity contribution >= 4 is 11.9 Å². The van der Waals surface area contributed by atoms with Crippen molar-refractivity contribution in [2.45, 2.75) is 53.2 Å². The molecule has 0 radical (unpaired) electrons. The van der Waals surface area contributed by atoms with Crippen LogP contribution in [-0.2, 0) is 9.53 Å². The van der Waals surface area contributed by atoms with Gasteiger partial charge in [0, 0.05) is 5.70 Å². The minimum absolute atomic E-state index is 0.250. The number of hydrogen-bond donors (Lipinski definition) is 1. The summed E-state index contributed by atoms with van der Waals surface area (Å²) in [4.78, 5) is 12.9. The quantitative estimate of drug-likeness (QED) is 0.655. The Balaban J connectivity index is 1.99. The number of carbonyl (C=O) groups excluding carboxylic acids is 1. The van der Waals surface area contributed by atoms with Gasteiger partial charge in [-0.1, -0.05) is 25.0 Å². The number of allylic oxidation sites excluding steroid dienone is 1. The first-order chi connectivity index (χ1) is 14.3. The lowest BCUT2D eigenvalue weighted by Crippen LogP contribution is -2.30. The molecule has 9 nitrogen and oxygen atoms in total. The van der Waals surface area contributed by atoms with Crippen molar-refractivity contribution in [1.29, 1.82) is 0 Å². The van der Waals surface area contributed by atoms with Crippen LogP contribution in [0.1, 0.15) is 52.6 Å². The highest BCUT2D eigenvalue weighted by Gasteiger charge is 2.35. The summed E-state index contributed by atoms with van der Waals surface area (Å²) in [5, 5.41) is 14.9. The van der Waals surface area contributed by atoms with E-state index >= 15 is 0 Å². The number of esters is 1. The molecule has 30 heavy (non-hydrogen) atoms. The molecule has 1 aliphatic heterocycles. The van der Waals surface area contributed by atoms with Crippen molar-refractivity contribution in [3.8, 4) is 11.5 Å². The molecular formula is C21H29N5O4. The van der Waals surface area contributed by atoms with Gasteiger partial charge in [0.25, 0.3) is 0 Å². The van der Waals surface area contributed by atoms with Crippen LogP contribution >= 0.6 is 0 Å². The fourth-order valence-electron chi connectivity index (χ4n) is 3.24. The van der Waals surface area contributed by atoms with E-state index in [-0.39, 0.29) is 6.10 Å². The van der Waals surface area contributed by atoms with Gasteiger partial charge < -0.3 is 19.5 Å². The van der Waals surface area contributed by atoms with Gasteiger partial charge in [-0.3, -0.25) is 0 Å². The van der Waals surface area contributed by atoms with E-state index in [9.17, 15) is 4.79 Å². The van der Waals surface area contributed by atoms with Crippen molar-refractivity contribution in [3.63, 3.8) is 0 Å². The molecule has 1 N–H and O–H groups in total. The third-order valence-corrected chi connectivity index (χ3v) is 4.73. The summed E-state index contributed by atoms with van der Waals surface area (Å²) in [7, 11) is 1.59. The van der Waals surface area contributed by atoms with Gasteiger partial charge in [0.05, 0.1) is 25.4 Å². The molecule has 2 aromatic rings. The van der Waals surface area contributed by atoms with Crippen molar-refractivity contribution in [2.24, 2.45) is 5.92 Å². The van der Waals surface area contributed by atoms with Gasteiger partial charge in [0.15, 0.2) is 11.5 Å². The molecule has 162 valence electrons. The van der Waals surface area contributed by atoms with Crippen LogP contribution in [-0.4, -0.2) is 46.0 Å². The maximum absolute atomic E-state index is 12.9. The zero-order chi connectivity index (χ0) is 21.8. The predicted octanol–water partition coefficient (Wildman–Crippen LogP) is 3.35. The van der Waals surface area contributed by atoms with E-state index in [1.54, 1.807) is 11.8 Å². The van der Waals surface area contributed by atoms with Crippen LogP contribution in [0.4, 0.5) is 5.95 Å². The molecule has 0 amide bonds. The van der Waals surface area contributed by atoms with Crippen molar-refractivity contribution in [3.05, 3.63) is 35.0 Å². The van der Waals surface area contributed by atoms with Gasteiger partial charge in [-0.05, 0) is 61.2 Å². The standard InChI is InChI=1S/C21H29N5O4/c1-12(2)9-10-29-16-8-7-15(11-17(16)28-6)19-18(20(27)30-13(3)4)14(5)22-21-23-24-25-26(19)21/h7-8,11-13,19H,9-10H2,1-6H3,(H,22,23,25). The summed E-state index contributed by atoms with van der Waals surface area (Å²) in [6, 6.07) is 5.04. The molecule has 0 saturated carbocycles. The van der Waals surface area contributed by atoms with Gasteiger partial charge >= 0.3 is 5.97 Å². The Morgan fingerprint density at radius 1 is 1.23 bits per heavy atom. The van der Waals surface area contributed by atoms with E-state index in [1.807, 2.05) is 39.0 Å². The molecule has 3 rings (SSSR count). The van der Waals surface area contributed by atoms with Gasteiger partial charge in [-0.15, -0.1) is 0 Å². The number of carbonyl (C=O) groups is 1. The zero-order valence-corrected chi connectivity index (χ0v) is 18.3. The minimum atomic E-state index is -0.555. The average Bonchev–Trinajstić information content (AvgIpc) is 3.14. The molecule has 2 heterocycles. The number of aromatic nitrogens is 4. The molecule has 1 aliphatic rings. The Morgan fingerprint density at radius 2 is 2.00 bits per heavy atom. The van der Waals surface area contributed by atoms with Crippen LogP contribution in [0.2, 0.25) is 0 Å². The maximum Gasteiger partial charge on any atom is 0.338 e. The van der Waals surface area contributed by atoms with E-state index in [4.69, 9.17) is 14.2 Å². The number of hydrogen-bond acceptors (Lipinski definition) is 8. The Labute approximate surface area is 176 Å². The van der Waals surface area contributed by atoms with Gasteiger partial charge in [-0.25, -0.2) is 4.79 Å². The van der Waals surface area contributed by atoms with Crippen LogP contribution in [0, 0.1) is 5.92 Å². The minimum Gasteiger partial charge on any atom is -0.493 e. The fraction of sp³-hybridized carbons (Fsp3) is 0.524. The highest BCUT2D eigenvalue weighted by Crippen LogP contribution is 2.38. The van der Waals surface area contributed by atoms with E-state index in [2.05, 4.69) is 34.7 Å². The number of ether oxygens (including phenoxy) is 3. The smallest absolute Gasteiger partial charge is 0.338 e.